The van der Waals surface area contributed by atoms with Crippen LogP contribution >= 0.6 is 0 Å². The van der Waals surface area contributed by atoms with Crippen LogP contribution in [-0.4, -0.2) is 50.3 Å². The van der Waals surface area contributed by atoms with Crippen molar-refractivity contribution in [1.29, 1.82) is 0 Å². The van der Waals surface area contributed by atoms with Crippen LogP contribution in [0.3, 0.4) is 0 Å². The fraction of sp³-hybridized carbons (Fsp3) is 0.562. The zero-order valence-corrected chi connectivity index (χ0v) is 13.0. The predicted molar refractivity (Wildman–Crippen MR) is 84.1 cm³/mol. The second-order valence-corrected chi connectivity index (χ2v) is 4.69. The molecule has 0 bridgehead atoms. The summed E-state index contributed by atoms with van der Waals surface area (Å²) in [6, 6.07) is 7.40. The molecule has 0 fully saturated rings. The number of nitrogen functional groups attached to an aromatic ring is 1. The standard InChI is InChI=1S/C16H26N2O3/c1-3-20-11-9-18(10-12-21-4-2)16(19)13-14-5-7-15(17)8-6-14/h5-8H,3-4,9-13,17H2,1-2H3. The van der Waals surface area contributed by atoms with Crippen molar-refractivity contribution in [3.63, 3.8) is 0 Å². The maximum Gasteiger partial charge on any atom is 0.227 e. The number of ether oxygens (including phenoxy) is 2. The minimum atomic E-state index is 0.0826. The van der Waals surface area contributed by atoms with Gasteiger partial charge in [-0.3, -0.25) is 4.79 Å². The molecular weight excluding hydrogens is 268 g/mol. The molecule has 1 aromatic rings. The number of carbonyl (C=O) groups excluding carboxylic acids is 1. The van der Waals surface area contributed by atoms with Crippen LogP contribution in [0.4, 0.5) is 5.69 Å². The maximum absolute atomic E-state index is 12.4. The summed E-state index contributed by atoms with van der Waals surface area (Å²) >= 11 is 0. The third-order valence-electron chi connectivity index (χ3n) is 3.11. The lowest BCUT2D eigenvalue weighted by Gasteiger charge is -2.22. The van der Waals surface area contributed by atoms with Gasteiger partial charge in [0.15, 0.2) is 0 Å². The van der Waals surface area contributed by atoms with Gasteiger partial charge in [-0.2, -0.15) is 0 Å². The molecule has 5 heteroatoms. The summed E-state index contributed by atoms with van der Waals surface area (Å²) in [5.74, 6) is 0.0826. The molecule has 1 amide bonds. The highest BCUT2D eigenvalue weighted by Gasteiger charge is 2.13. The number of nitrogens with zero attached hydrogens (tertiary/aromatic N) is 1. The van der Waals surface area contributed by atoms with Crippen LogP contribution in [0.5, 0.6) is 0 Å². The third kappa shape index (κ3) is 7.11. The zero-order valence-electron chi connectivity index (χ0n) is 13.0. The Morgan fingerprint density at radius 2 is 1.57 bits per heavy atom. The highest BCUT2D eigenvalue weighted by Crippen LogP contribution is 2.08. The van der Waals surface area contributed by atoms with Gasteiger partial charge in [0.1, 0.15) is 0 Å². The van der Waals surface area contributed by atoms with E-state index in [1.165, 1.54) is 0 Å². The second-order valence-electron chi connectivity index (χ2n) is 4.69. The van der Waals surface area contributed by atoms with E-state index in [2.05, 4.69) is 0 Å². The summed E-state index contributed by atoms with van der Waals surface area (Å²) in [5, 5.41) is 0. The highest BCUT2D eigenvalue weighted by molar-refractivity contribution is 5.78. The van der Waals surface area contributed by atoms with E-state index < -0.39 is 0 Å². The van der Waals surface area contributed by atoms with Crippen LogP contribution in [0.25, 0.3) is 0 Å². The maximum atomic E-state index is 12.4. The Kier molecular flexibility index (Phi) is 8.47. The molecule has 0 saturated heterocycles. The average molecular weight is 294 g/mol. The molecule has 0 spiro atoms. The van der Waals surface area contributed by atoms with E-state index in [1.807, 2.05) is 38.1 Å². The number of nitrogens with two attached hydrogens (primary N) is 1. The zero-order chi connectivity index (χ0) is 15.5. The average Bonchev–Trinajstić information content (AvgIpc) is 2.48. The number of rotatable bonds is 10. The number of benzene rings is 1. The molecule has 118 valence electrons. The van der Waals surface area contributed by atoms with E-state index in [4.69, 9.17) is 15.2 Å². The molecule has 0 aromatic heterocycles. The van der Waals surface area contributed by atoms with Crippen LogP contribution in [0, 0.1) is 0 Å². The summed E-state index contributed by atoms with van der Waals surface area (Å²) < 4.78 is 10.7. The van der Waals surface area contributed by atoms with Crippen molar-refractivity contribution >= 4 is 11.6 Å². The fourth-order valence-corrected chi connectivity index (χ4v) is 1.92. The van der Waals surface area contributed by atoms with Gasteiger partial charge >= 0.3 is 0 Å². The first-order chi connectivity index (χ1) is 10.2. The molecule has 1 rings (SSSR count). The second kappa shape index (κ2) is 10.2. The van der Waals surface area contributed by atoms with E-state index in [0.717, 1.165) is 5.56 Å². The van der Waals surface area contributed by atoms with E-state index >= 15 is 0 Å². The molecule has 0 unspecified atom stereocenters. The first kappa shape index (κ1) is 17.5. The van der Waals surface area contributed by atoms with Gasteiger partial charge in [0.05, 0.1) is 19.6 Å². The van der Waals surface area contributed by atoms with Crippen molar-refractivity contribution in [3.8, 4) is 0 Å². The van der Waals surface area contributed by atoms with Crippen molar-refractivity contribution in [3.05, 3.63) is 29.8 Å². The smallest absolute Gasteiger partial charge is 0.227 e. The predicted octanol–water partition coefficient (Wildman–Crippen LogP) is 1.71. The van der Waals surface area contributed by atoms with Crippen LogP contribution in [0.2, 0.25) is 0 Å². The van der Waals surface area contributed by atoms with Gasteiger partial charge in [-0.15, -0.1) is 0 Å². The van der Waals surface area contributed by atoms with Gasteiger partial charge in [-0.25, -0.2) is 0 Å². The number of hydrogen-bond acceptors (Lipinski definition) is 4. The fourth-order valence-electron chi connectivity index (χ4n) is 1.92. The Morgan fingerprint density at radius 3 is 2.05 bits per heavy atom. The van der Waals surface area contributed by atoms with E-state index in [9.17, 15) is 4.79 Å². The molecule has 2 N–H and O–H groups in total. The number of anilines is 1. The first-order valence-corrected chi connectivity index (χ1v) is 7.45. The molecular formula is C16H26N2O3. The molecule has 0 heterocycles. The van der Waals surface area contributed by atoms with E-state index in [-0.39, 0.29) is 5.91 Å². The van der Waals surface area contributed by atoms with Crippen molar-refractivity contribution in [1.82, 2.24) is 4.90 Å². The summed E-state index contributed by atoms with van der Waals surface area (Å²) in [6.07, 6.45) is 0.374. The van der Waals surface area contributed by atoms with Crippen molar-refractivity contribution in [2.45, 2.75) is 20.3 Å². The topological polar surface area (TPSA) is 64.8 Å². The monoisotopic (exact) mass is 294 g/mol. The summed E-state index contributed by atoms with van der Waals surface area (Å²) in [7, 11) is 0. The first-order valence-electron chi connectivity index (χ1n) is 7.45. The number of amides is 1. The van der Waals surface area contributed by atoms with Gasteiger partial charge in [-0.05, 0) is 31.5 Å². The molecule has 1 aromatic carbocycles. The Bertz CT molecular complexity index is 396. The molecule has 0 aliphatic rings. The van der Waals surface area contributed by atoms with Gasteiger partial charge in [-0.1, -0.05) is 12.1 Å². The normalized spacial score (nSPS) is 10.6. The third-order valence-corrected chi connectivity index (χ3v) is 3.11. The largest absolute Gasteiger partial charge is 0.399 e. The Morgan fingerprint density at radius 1 is 1.05 bits per heavy atom. The number of hydrogen-bond donors (Lipinski definition) is 1. The van der Waals surface area contributed by atoms with E-state index in [0.29, 0.717) is 51.6 Å². The Labute approximate surface area is 127 Å². The minimum Gasteiger partial charge on any atom is -0.399 e. The van der Waals surface area contributed by atoms with Crippen molar-refractivity contribution in [2.24, 2.45) is 0 Å². The molecule has 0 radical (unpaired) electrons. The lowest BCUT2D eigenvalue weighted by molar-refractivity contribution is -0.132. The van der Waals surface area contributed by atoms with Gasteiger partial charge in [0.25, 0.3) is 0 Å². The van der Waals surface area contributed by atoms with Crippen molar-refractivity contribution < 1.29 is 14.3 Å². The van der Waals surface area contributed by atoms with Gasteiger partial charge < -0.3 is 20.1 Å². The minimum absolute atomic E-state index is 0.0826. The quantitative estimate of drug-likeness (QED) is 0.527. The molecule has 0 aliphatic carbocycles. The Hall–Kier alpha value is -1.59. The summed E-state index contributed by atoms with van der Waals surface area (Å²) in [5.41, 5.74) is 7.32. The lowest BCUT2D eigenvalue weighted by atomic mass is 10.1. The highest BCUT2D eigenvalue weighted by atomic mass is 16.5. The van der Waals surface area contributed by atoms with Crippen LogP contribution < -0.4 is 5.73 Å². The van der Waals surface area contributed by atoms with E-state index in [1.54, 1.807) is 4.90 Å². The van der Waals surface area contributed by atoms with Crippen LogP contribution in [-0.2, 0) is 20.7 Å². The summed E-state index contributed by atoms with van der Waals surface area (Å²) in [4.78, 5) is 14.2. The molecule has 0 saturated carbocycles. The van der Waals surface area contributed by atoms with Crippen LogP contribution in [0.15, 0.2) is 24.3 Å². The molecule has 5 nitrogen and oxygen atoms in total. The van der Waals surface area contributed by atoms with Gasteiger partial charge in [0.2, 0.25) is 5.91 Å². The lowest BCUT2D eigenvalue weighted by Crippen LogP contribution is -2.37. The van der Waals surface area contributed by atoms with Crippen molar-refractivity contribution in [2.75, 3.05) is 45.3 Å². The molecule has 0 atom stereocenters. The molecule has 0 aliphatic heterocycles. The van der Waals surface area contributed by atoms with Gasteiger partial charge in [0, 0.05) is 32.0 Å². The number of carbonyl (C=O) groups is 1. The SMILES string of the molecule is CCOCCN(CCOCC)C(=O)Cc1ccc(N)cc1. The summed E-state index contributed by atoms with van der Waals surface area (Å²) in [6.45, 7) is 7.49. The molecule has 21 heavy (non-hydrogen) atoms. The Balaban J connectivity index is 2.53. The van der Waals surface area contributed by atoms with Crippen LogP contribution in [0.1, 0.15) is 19.4 Å².